The number of para-hydroxylation sites is 2. The second-order valence-corrected chi connectivity index (χ2v) is 5.45. The summed E-state index contributed by atoms with van der Waals surface area (Å²) >= 11 is 6.21. The summed E-state index contributed by atoms with van der Waals surface area (Å²) in [5.41, 5.74) is 4.14. The van der Waals surface area contributed by atoms with Crippen LogP contribution in [0.2, 0.25) is 5.15 Å². The Morgan fingerprint density at radius 2 is 2.00 bits per heavy atom. The summed E-state index contributed by atoms with van der Waals surface area (Å²) in [6.07, 6.45) is 4.10. The highest BCUT2D eigenvalue weighted by Gasteiger charge is 2.13. The zero-order valence-corrected chi connectivity index (χ0v) is 12.9. The zero-order chi connectivity index (χ0) is 14.8. The summed E-state index contributed by atoms with van der Waals surface area (Å²) in [4.78, 5) is 13.2. The molecule has 0 bridgehead atoms. The number of aromatic nitrogens is 4. The van der Waals surface area contributed by atoms with Crippen molar-refractivity contribution in [1.29, 1.82) is 0 Å². The minimum Gasteiger partial charge on any atom is -0.331 e. The van der Waals surface area contributed by atoms with Gasteiger partial charge in [0.1, 0.15) is 17.3 Å². The third kappa shape index (κ3) is 2.63. The molecular formula is C16H17ClN4. The summed E-state index contributed by atoms with van der Waals surface area (Å²) in [7, 11) is 2.03. The summed E-state index contributed by atoms with van der Waals surface area (Å²) in [6, 6.07) is 8.13. The van der Waals surface area contributed by atoms with Crippen LogP contribution in [0.1, 0.15) is 30.4 Å². The second kappa shape index (κ2) is 5.82. The molecule has 0 fully saturated rings. The third-order valence-corrected chi connectivity index (χ3v) is 4.01. The van der Waals surface area contributed by atoms with Crippen LogP contribution in [0.3, 0.4) is 0 Å². The maximum absolute atomic E-state index is 6.21. The van der Waals surface area contributed by atoms with Crippen molar-refractivity contribution in [2.24, 2.45) is 7.05 Å². The number of imidazole rings is 1. The number of nitrogens with zero attached hydrogens (tertiary/aromatic N) is 4. The molecule has 0 N–H and O–H groups in total. The fraction of sp³-hybridized carbons (Fsp3) is 0.312. The maximum atomic E-state index is 6.21. The van der Waals surface area contributed by atoms with Crippen molar-refractivity contribution in [3.8, 4) is 0 Å². The first kappa shape index (κ1) is 14.0. The van der Waals surface area contributed by atoms with E-state index in [0.717, 1.165) is 41.0 Å². The van der Waals surface area contributed by atoms with E-state index in [2.05, 4.69) is 27.5 Å². The smallest absolute Gasteiger partial charge is 0.135 e. The predicted octanol–water partition coefficient (Wildman–Crippen LogP) is 3.56. The number of hydrogen-bond acceptors (Lipinski definition) is 3. The number of fused-ring (bicyclic) bond motifs is 1. The first-order chi connectivity index (χ1) is 10.2. The van der Waals surface area contributed by atoms with Crippen LogP contribution >= 0.6 is 11.6 Å². The third-order valence-electron chi connectivity index (χ3n) is 3.69. The molecule has 1 aromatic carbocycles. The van der Waals surface area contributed by atoms with E-state index in [-0.39, 0.29) is 0 Å². The molecule has 2 heterocycles. The van der Waals surface area contributed by atoms with Gasteiger partial charge in [-0.3, -0.25) is 0 Å². The van der Waals surface area contributed by atoms with Crippen molar-refractivity contribution in [1.82, 2.24) is 19.5 Å². The van der Waals surface area contributed by atoms with Crippen molar-refractivity contribution in [3.63, 3.8) is 0 Å². The van der Waals surface area contributed by atoms with Gasteiger partial charge in [-0.15, -0.1) is 0 Å². The molecule has 0 unspecified atom stereocenters. The van der Waals surface area contributed by atoms with E-state index < -0.39 is 0 Å². The first-order valence-corrected chi connectivity index (χ1v) is 7.47. The molecule has 0 aliphatic heterocycles. The van der Waals surface area contributed by atoms with E-state index in [1.54, 1.807) is 0 Å². The number of halogens is 1. The Hall–Kier alpha value is -1.94. The SMILES string of the molecule is CCCc1c(Cl)ncnc1Cc1nc2ccccc2n1C. The molecule has 5 heteroatoms. The van der Waals surface area contributed by atoms with E-state index in [1.165, 1.54) is 6.33 Å². The van der Waals surface area contributed by atoms with Crippen LogP contribution in [0, 0.1) is 0 Å². The van der Waals surface area contributed by atoms with Crippen molar-refractivity contribution in [2.75, 3.05) is 0 Å². The average Bonchev–Trinajstić information content (AvgIpc) is 2.80. The summed E-state index contributed by atoms with van der Waals surface area (Å²) in [5.74, 6) is 0.989. The van der Waals surface area contributed by atoms with Crippen LogP contribution in [0.4, 0.5) is 0 Å². The van der Waals surface area contributed by atoms with Gasteiger partial charge in [-0.1, -0.05) is 37.1 Å². The topological polar surface area (TPSA) is 43.6 Å². The Morgan fingerprint density at radius 1 is 1.19 bits per heavy atom. The van der Waals surface area contributed by atoms with Crippen LogP contribution in [0.25, 0.3) is 11.0 Å². The quantitative estimate of drug-likeness (QED) is 0.692. The normalized spacial score (nSPS) is 11.2. The Balaban J connectivity index is 2.03. The van der Waals surface area contributed by atoms with Gasteiger partial charge in [0.2, 0.25) is 0 Å². The van der Waals surface area contributed by atoms with E-state index in [9.17, 15) is 0 Å². The minimum absolute atomic E-state index is 0.556. The molecule has 3 aromatic rings. The molecule has 21 heavy (non-hydrogen) atoms. The van der Waals surface area contributed by atoms with E-state index in [0.29, 0.717) is 11.6 Å². The van der Waals surface area contributed by atoms with Gasteiger partial charge >= 0.3 is 0 Å². The van der Waals surface area contributed by atoms with Gasteiger partial charge < -0.3 is 4.57 Å². The highest BCUT2D eigenvalue weighted by molar-refractivity contribution is 6.30. The Kier molecular flexibility index (Phi) is 3.88. The lowest BCUT2D eigenvalue weighted by molar-refractivity contribution is 0.805. The van der Waals surface area contributed by atoms with Gasteiger partial charge in [0.15, 0.2) is 0 Å². The average molecular weight is 301 g/mol. The lowest BCUT2D eigenvalue weighted by Crippen LogP contribution is -2.05. The molecule has 0 aliphatic rings. The van der Waals surface area contributed by atoms with Crippen LogP contribution in [-0.2, 0) is 19.9 Å². The van der Waals surface area contributed by atoms with Gasteiger partial charge in [0.25, 0.3) is 0 Å². The molecule has 0 radical (unpaired) electrons. The number of rotatable bonds is 4. The fourth-order valence-electron chi connectivity index (χ4n) is 2.58. The van der Waals surface area contributed by atoms with Gasteiger partial charge in [0.05, 0.1) is 16.7 Å². The van der Waals surface area contributed by atoms with Crippen LogP contribution in [0.15, 0.2) is 30.6 Å². The van der Waals surface area contributed by atoms with E-state index >= 15 is 0 Å². The molecule has 0 spiro atoms. The maximum Gasteiger partial charge on any atom is 0.135 e. The Bertz CT molecular complexity index is 779. The van der Waals surface area contributed by atoms with Crippen molar-refractivity contribution >= 4 is 22.6 Å². The summed E-state index contributed by atoms with van der Waals surface area (Å²) < 4.78 is 2.11. The van der Waals surface area contributed by atoms with Crippen LogP contribution in [0.5, 0.6) is 0 Å². The molecule has 0 aliphatic carbocycles. The predicted molar refractivity (Wildman–Crippen MR) is 84.6 cm³/mol. The van der Waals surface area contributed by atoms with Gasteiger partial charge in [0, 0.05) is 19.0 Å². The molecule has 3 rings (SSSR count). The Morgan fingerprint density at radius 3 is 2.76 bits per heavy atom. The number of benzene rings is 1. The van der Waals surface area contributed by atoms with Crippen LogP contribution in [-0.4, -0.2) is 19.5 Å². The molecule has 0 saturated heterocycles. The van der Waals surface area contributed by atoms with Gasteiger partial charge in [-0.2, -0.15) is 0 Å². The number of aryl methyl sites for hydroxylation is 1. The zero-order valence-electron chi connectivity index (χ0n) is 12.2. The highest BCUT2D eigenvalue weighted by Crippen LogP contribution is 2.21. The van der Waals surface area contributed by atoms with Gasteiger partial charge in [-0.05, 0) is 18.6 Å². The molecule has 0 amide bonds. The molecule has 108 valence electrons. The molecule has 0 atom stereocenters. The van der Waals surface area contributed by atoms with Gasteiger partial charge in [-0.25, -0.2) is 15.0 Å². The Labute approximate surface area is 128 Å². The fourth-order valence-corrected chi connectivity index (χ4v) is 2.82. The van der Waals surface area contributed by atoms with Crippen molar-refractivity contribution in [3.05, 3.63) is 52.8 Å². The molecule has 4 nitrogen and oxygen atoms in total. The minimum atomic E-state index is 0.556. The second-order valence-electron chi connectivity index (χ2n) is 5.09. The molecule has 0 saturated carbocycles. The van der Waals surface area contributed by atoms with E-state index in [1.807, 2.05) is 25.2 Å². The monoisotopic (exact) mass is 300 g/mol. The standard InChI is InChI=1S/C16H17ClN4/c1-3-6-11-13(18-10-19-16(11)17)9-15-20-12-7-4-5-8-14(12)21(15)2/h4-5,7-8,10H,3,6,9H2,1-2H3. The molecule has 2 aromatic heterocycles. The first-order valence-electron chi connectivity index (χ1n) is 7.09. The number of hydrogen-bond donors (Lipinski definition) is 0. The van der Waals surface area contributed by atoms with Crippen LogP contribution < -0.4 is 0 Å². The largest absolute Gasteiger partial charge is 0.331 e. The molecular weight excluding hydrogens is 284 g/mol. The summed E-state index contributed by atoms with van der Waals surface area (Å²) in [5, 5.41) is 0.556. The van der Waals surface area contributed by atoms with Crippen molar-refractivity contribution in [2.45, 2.75) is 26.2 Å². The highest BCUT2D eigenvalue weighted by atomic mass is 35.5. The van der Waals surface area contributed by atoms with Crippen molar-refractivity contribution < 1.29 is 0 Å². The lowest BCUT2D eigenvalue weighted by Gasteiger charge is -2.09. The lowest BCUT2D eigenvalue weighted by atomic mass is 10.1. The van der Waals surface area contributed by atoms with E-state index in [4.69, 9.17) is 16.6 Å². The summed E-state index contributed by atoms with van der Waals surface area (Å²) in [6.45, 7) is 2.13.